The number of ether oxygens (including phenoxy) is 5. The highest BCUT2D eigenvalue weighted by atomic mass is 16.6. The molecule has 1 radical (unpaired) electrons. The zero-order chi connectivity index (χ0) is 33.3. The van der Waals surface area contributed by atoms with E-state index in [-0.39, 0.29) is 0 Å². The molecule has 5 heteroatoms. The lowest BCUT2D eigenvalue weighted by atomic mass is 10.1. The Hall–Kier alpha value is -1.78. The van der Waals surface area contributed by atoms with Gasteiger partial charge in [-0.1, -0.05) is 163 Å². The number of benzene rings is 1. The van der Waals surface area contributed by atoms with Crippen molar-refractivity contribution in [2.75, 3.05) is 33.0 Å². The van der Waals surface area contributed by atoms with Gasteiger partial charge in [-0.05, 0) is 32.1 Å². The number of hydrogen-bond donors (Lipinski definition) is 0. The Bertz CT molecular complexity index is 741. The molecule has 0 spiro atoms. The van der Waals surface area contributed by atoms with Crippen LogP contribution in [-0.4, -0.2) is 33.0 Å². The van der Waals surface area contributed by atoms with Crippen molar-refractivity contribution < 1.29 is 23.7 Å². The third kappa shape index (κ3) is 21.2. The van der Waals surface area contributed by atoms with E-state index < -0.39 is 0 Å². The number of hydrogen-bond acceptors (Lipinski definition) is 5. The van der Waals surface area contributed by atoms with Gasteiger partial charge >= 0.3 is 0 Å². The fraction of sp³-hybridized carbons (Fsp3) is 0.854. The highest BCUT2D eigenvalue weighted by molar-refractivity contribution is 5.65. The highest BCUT2D eigenvalue weighted by Gasteiger charge is 2.26. The van der Waals surface area contributed by atoms with Gasteiger partial charge in [0.15, 0.2) is 11.5 Å². The molecule has 1 aromatic rings. The van der Waals surface area contributed by atoms with Gasteiger partial charge in [-0.15, -0.1) is 0 Å². The van der Waals surface area contributed by atoms with E-state index in [0.29, 0.717) is 61.8 Å². The summed E-state index contributed by atoms with van der Waals surface area (Å²) in [6.07, 6.45) is 29.7. The molecule has 0 aliphatic rings. The average Bonchev–Trinajstić information content (AvgIpc) is 3.06. The van der Waals surface area contributed by atoms with Crippen LogP contribution in [-0.2, 0) is 0 Å². The molecular formula is C41H75O5. The molecule has 0 aliphatic carbocycles. The maximum absolute atomic E-state index is 6.61. The Morgan fingerprint density at radius 3 is 0.804 bits per heavy atom. The van der Waals surface area contributed by atoms with E-state index in [0.717, 1.165) is 38.5 Å². The molecule has 0 bridgehead atoms. The van der Waals surface area contributed by atoms with E-state index in [2.05, 4.69) is 40.7 Å². The largest absolute Gasteiger partial charge is 0.489 e. The average molecular weight is 648 g/mol. The van der Waals surface area contributed by atoms with Crippen molar-refractivity contribution in [1.29, 1.82) is 0 Å². The molecule has 0 unspecified atom stereocenters. The van der Waals surface area contributed by atoms with Crippen LogP contribution >= 0.6 is 0 Å². The Kier molecular flexibility index (Phi) is 29.2. The van der Waals surface area contributed by atoms with E-state index in [1.165, 1.54) is 122 Å². The topological polar surface area (TPSA) is 46.2 Å². The minimum absolute atomic E-state index is 0.612. The summed E-state index contributed by atoms with van der Waals surface area (Å²) in [6.45, 7) is 14.4. The van der Waals surface area contributed by atoms with Gasteiger partial charge in [0, 0.05) is 0 Å². The van der Waals surface area contributed by atoms with Crippen LogP contribution in [0.25, 0.3) is 0 Å². The Balaban J connectivity index is 3.31. The first-order valence-corrected chi connectivity index (χ1v) is 20.0. The molecule has 0 fully saturated rings. The third-order valence-electron chi connectivity index (χ3n) is 8.52. The van der Waals surface area contributed by atoms with Crippen molar-refractivity contribution in [2.24, 2.45) is 0 Å². The second kappa shape index (κ2) is 31.8. The summed E-state index contributed by atoms with van der Waals surface area (Å²) in [7, 11) is 0. The fourth-order valence-electron chi connectivity index (χ4n) is 5.52. The molecule has 0 N–H and O–H groups in total. The van der Waals surface area contributed by atoms with Gasteiger partial charge in [-0.25, -0.2) is 0 Å². The van der Waals surface area contributed by atoms with Crippen LogP contribution in [0.4, 0.5) is 0 Å². The maximum Gasteiger partial charge on any atom is 0.211 e. The standard InChI is InChI=1S/C41H75O5/c1-6-11-16-21-26-31-42-37-36-38(43-32-27-22-17-12-7-2)40(45-34-29-24-19-14-9-4)41(46-35-30-25-20-15-10-5)39(37)44-33-28-23-18-13-8-3/h6-35H2,1-5H3. The van der Waals surface area contributed by atoms with Gasteiger partial charge < -0.3 is 23.7 Å². The summed E-state index contributed by atoms with van der Waals surface area (Å²) < 4.78 is 32.6. The van der Waals surface area contributed by atoms with Crippen LogP contribution in [0, 0.1) is 6.07 Å². The fourth-order valence-corrected chi connectivity index (χ4v) is 5.52. The number of unbranched alkanes of at least 4 members (excludes halogenated alkanes) is 20. The molecule has 0 saturated heterocycles. The normalized spacial score (nSPS) is 11.2. The summed E-state index contributed by atoms with van der Waals surface area (Å²) in [5.74, 6) is 3.17. The zero-order valence-electron chi connectivity index (χ0n) is 31.3. The predicted octanol–water partition coefficient (Wildman–Crippen LogP) is 13.2. The van der Waals surface area contributed by atoms with Gasteiger partial charge in [-0.3, -0.25) is 0 Å². The molecule has 5 nitrogen and oxygen atoms in total. The van der Waals surface area contributed by atoms with Gasteiger partial charge in [0.25, 0.3) is 0 Å². The van der Waals surface area contributed by atoms with Crippen LogP contribution < -0.4 is 23.7 Å². The van der Waals surface area contributed by atoms with Crippen LogP contribution in [0.3, 0.4) is 0 Å². The van der Waals surface area contributed by atoms with Gasteiger partial charge in [0.2, 0.25) is 17.2 Å². The van der Waals surface area contributed by atoms with E-state index in [1.807, 2.05) is 0 Å². The first-order chi connectivity index (χ1) is 22.7. The molecule has 0 atom stereocenters. The van der Waals surface area contributed by atoms with E-state index in [1.54, 1.807) is 0 Å². The molecule has 0 saturated carbocycles. The maximum atomic E-state index is 6.61. The van der Waals surface area contributed by atoms with Crippen molar-refractivity contribution in [1.82, 2.24) is 0 Å². The zero-order valence-corrected chi connectivity index (χ0v) is 31.3. The molecule has 46 heavy (non-hydrogen) atoms. The van der Waals surface area contributed by atoms with Crippen molar-refractivity contribution in [2.45, 2.75) is 195 Å². The molecule has 1 rings (SSSR count). The first kappa shape index (κ1) is 42.2. The second-order valence-corrected chi connectivity index (χ2v) is 13.1. The Labute approximate surface area is 286 Å². The Morgan fingerprint density at radius 2 is 0.522 bits per heavy atom. The van der Waals surface area contributed by atoms with Crippen molar-refractivity contribution in [3.05, 3.63) is 6.07 Å². The first-order valence-electron chi connectivity index (χ1n) is 20.0. The Morgan fingerprint density at radius 1 is 0.283 bits per heavy atom. The van der Waals surface area contributed by atoms with Crippen molar-refractivity contribution >= 4 is 0 Å². The summed E-state index contributed by atoms with van der Waals surface area (Å²) in [4.78, 5) is 0. The lowest BCUT2D eigenvalue weighted by molar-refractivity contribution is 0.206. The third-order valence-corrected chi connectivity index (χ3v) is 8.52. The van der Waals surface area contributed by atoms with Gasteiger partial charge in [0.1, 0.15) is 0 Å². The molecule has 0 aromatic heterocycles. The van der Waals surface area contributed by atoms with Crippen LogP contribution in [0.1, 0.15) is 195 Å². The summed E-state index contributed by atoms with van der Waals surface area (Å²) in [5.41, 5.74) is 0. The molecule has 0 amide bonds. The second-order valence-electron chi connectivity index (χ2n) is 13.1. The SMILES string of the molecule is CCCCCCCOc1[c]c(OCCCCCCC)c(OCCCCCCC)c(OCCCCCCC)c1OCCCCCCC. The monoisotopic (exact) mass is 648 g/mol. The molecule has 0 heterocycles. The highest BCUT2D eigenvalue weighted by Crippen LogP contribution is 2.51. The van der Waals surface area contributed by atoms with Gasteiger partial charge in [0.05, 0.1) is 39.1 Å². The number of rotatable bonds is 35. The van der Waals surface area contributed by atoms with Crippen molar-refractivity contribution in [3.63, 3.8) is 0 Å². The summed E-state index contributed by atoms with van der Waals surface area (Å²) >= 11 is 0. The summed E-state index contributed by atoms with van der Waals surface area (Å²) in [5, 5.41) is 0. The molecular weight excluding hydrogens is 572 g/mol. The van der Waals surface area contributed by atoms with Crippen LogP contribution in [0.5, 0.6) is 28.7 Å². The van der Waals surface area contributed by atoms with Crippen molar-refractivity contribution in [3.8, 4) is 28.7 Å². The minimum Gasteiger partial charge on any atom is -0.489 e. The van der Waals surface area contributed by atoms with Crippen LogP contribution in [0.15, 0.2) is 0 Å². The van der Waals surface area contributed by atoms with E-state index >= 15 is 0 Å². The summed E-state index contributed by atoms with van der Waals surface area (Å²) in [6, 6.07) is 3.49. The van der Waals surface area contributed by atoms with E-state index in [4.69, 9.17) is 23.7 Å². The molecule has 1 aromatic carbocycles. The van der Waals surface area contributed by atoms with Gasteiger partial charge in [-0.2, -0.15) is 0 Å². The lowest BCUT2D eigenvalue weighted by Gasteiger charge is -2.22. The van der Waals surface area contributed by atoms with Crippen LogP contribution in [0.2, 0.25) is 0 Å². The molecule has 269 valence electrons. The predicted molar refractivity (Wildman–Crippen MR) is 197 cm³/mol. The lowest BCUT2D eigenvalue weighted by Crippen LogP contribution is -2.11. The minimum atomic E-state index is 0.612. The van der Waals surface area contributed by atoms with E-state index in [9.17, 15) is 0 Å². The smallest absolute Gasteiger partial charge is 0.211 e. The quantitative estimate of drug-likeness (QED) is 0.0686. The molecule has 0 aliphatic heterocycles.